The van der Waals surface area contributed by atoms with Crippen molar-refractivity contribution in [2.75, 3.05) is 0 Å². The van der Waals surface area contributed by atoms with Crippen molar-refractivity contribution >= 4 is 5.97 Å². The Bertz CT molecular complexity index is 651. The van der Waals surface area contributed by atoms with Crippen molar-refractivity contribution in [1.29, 1.82) is 0 Å². The van der Waals surface area contributed by atoms with Crippen LogP contribution in [0.15, 0.2) is 11.6 Å². The van der Waals surface area contributed by atoms with Gasteiger partial charge in [0, 0.05) is 0 Å². The van der Waals surface area contributed by atoms with Gasteiger partial charge in [-0.1, -0.05) is 52.2 Å². The molecule has 2 heteroatoms. The van der Waals surface area contributed by atoms with Crippen LogP contribution in [0.25, 0.3) is 0 Å². The van der Waals surface area contributed by atoms with Crippen molar-refractivity contribution < 1.29 is 9.90 Å². The van der Waals surface area contributed by atoms with E-state index in [1.807, 2.05) is 12.5 Å². The minimum Gasteiger partial charge on any atom is -0.481 e. The molecule has 0 spiro atoms. The van der Waals surface area contributed by atoms with E-state index in [-0.39, 0.29) is 5.92 Å². The van der Waals surface area contributed by atoms with Gasteiger partial charge in [0.2, 0.25) is 0 Å². The van der Waals surface area contributed by atoms with E-state index in [4.69, 9.17) is 5.11 Å². The number of aliphatic carboxylic acids is 1. The summed E-state index contributed by atoms with van der Waals surface area (Å²) in [4.78, 5) is 11.1. The highest BCUT2D eigenvalue weighted by atomic mass is 16.4. The monoisotopic (exact) mass is 400 g/mol. The molecule has 3 saturated carbocycles. The molecule has 29 heavy (non-hydrogen) atoms. The van der Waals surface area contributed by atoms with Crippen LogP contribution >= 0.6 is 0 Å². The third-order valence-corrected chi connectivity index (χ3v) is 10.5. The maximum absolute atomic E-state index is 11.1. The zero-order valence-electron chi connectivity index (χ0n) is 19.4. The molecule has 2 nitrogen and oxygen atoms in total. The van der Waals surface area contributed by atoms with E-state index in [1.165, 1.54) is 64.2 Å². The Kier molecular flexibility index (Phi) is 5.95. The summed E-state index contributed by atoms with van der Waals surface area (Å²) in [5.74, 6) is 3.60. The lowest BCUT2D eigenvalue weighted by molar-refractivity contribution is -0.141. The van der Waals surface area contributed by atoms with Crippen molar-refractivity contribution in [2.45, 2.75) is 105 Å². The molecule has 164 valence electrons. The van der Waals surface area contributed by atoms with Gasteiger partial charge in [-0.05, 0) is 105 Å². The van der Waals surface area contributed by atoms with E-state index in [9.17, 15) is 4.79 Å². The van der Waals surface area contributed by atoms with Crippen LogP contribution in [0.1, 0.15) is 105 Å². The predicted molar refractivity (Wildman–Crippen MR) is 120 cm³/mol. The average molecular weight is 401 g/mol. The van der Waals surface area contributed by atoms with Crippen LogP contribution in [-0.4, -0.2) is 11.1 Å². The van der Waals surface area contributed by atoms with Gasteiger partial charge < -0.3 is 5.11 Å². The number of allylic oxidation sites excluding steroid dienone is 2. The fraction of sp³-hybridized carbons (Fsp3) is 0.889. The van der Waals surface area contributed by atoms with E-state index in [0.29, 0.717) is 10.8 Å². The molecule has 1 N–H and O–H groups in total. The normalized spacial score (nSPS) is 43.5. The highest BCUT2D eigenvalue weighted by Crippen LogP contribution is 2.67. The van der Waals surface area contributed by atoms with Crippen LogP contribution in [0.5, 0.6) is 0 Å². The first-order chi connectivity index (χ1) is 13.8. The first-order valence-corrected chi connectivity index (χ1v) is 12.7. The number of carboxylic acid groups (broad SMARTS) is 1. The van der Waals surface area contributed by atoms with Crippen LogP contribution in [0.4, 0.5) is 0 Å². The molecule has 0 aliphatic heterocycles. The van der Waals surface area contributed by atoms with Gasteiger partial charge >= 0.3 is 5.97 Å². The molecule has 0 heterocycles. The molecular formula is C27H44O2. The lowest BCUT2D eigenvalue weighted by Gasteiger charge is -2.58. The van der Waals surface area contributed by atoms with Crippen molar-refractivity contribution in [3.63, 3.8) is 0 Å². The lowest BCUT2D eigenvalue weighted by atomic mass is 9.46. The van der Waals surface area contributed by atoms with Crippen LogP contribution in [0.2, 0.25) is 0 Å². The van der Waals surface area contributed by atoms with Crippen molar-refractivity contribution in [2.24, 2.45) is 46.3 Å². The molecule has 4 aliphatic rings. The summed E-state index contributed by atoms with van der Waals surface area (Å²) < 4.78 is 0. The summed E-state index contributed by atoms with van der Waals surface area (Å²) in [6.45, 7) is 9.60. The molecule has 0 aromatic rings. The van der Waals surface area contributed by atoms with Gasteiger partial charge in [-0.3, -0.25) is 4.79 Å². The van der Waals surface area contributed by atoms with Crippen LogP contribution in [0.3, 0.4) is 0 Å². The molecule has 0 unspecified atom stereocenters. The third kappa shape index (κ3) is 3.61. The molecule has 0 amide bonds. The van der Waals surface area contributed by atoms with E-state index in [1.54, 1.807) is 0 Å². The summed E-state index contributed by atoms with van der Waals surface area (Å²) in [7, 11) is 0. The first-order valence-electron chi connectivity index (χ1n) is 12.7. The SMILES string of the molecule is C[C@H](CCC[C@@H](C)[C@H]1CC[C@H]2[C@@H]3CCC4=CCCC[C@]4(C)[C@H]3CC[C@]12C)C(=O)O. The molecule has 4 rings (SSSR count). The number of carboxylic acids is 1. The van der Waals surface area contributed by atoms with E-state index in [0.717, 1.165) is 42.4 Å². The third-order valence-electron chi connectivity index (χ3n) is 10.5. The molecule has 0 saturated heterocycles. The number of hydrogen-bond acceptors (Lipinski definition) is 1. The topological polar surface area (TPSA) is 37.3 Å². The van der Waals surface area contributed by atoms with Gasteiger partial charge in [0.05, 0.1) is 5.92 Å². The fourth-order valence-electron chi connectivity index (χ4n) is 8.80. The maximum atomic E-state index is 11.1. The summed E-state index contributed by atoms with van der Waals surface area (Å²) in [5, 5.41) is 9.16. The van der Waals surface area contributed by atoms with Gasteiger partial charge in [0.15, 0.2) is 0 Å². The summed E-state index contributed by atoms with van der Waals surface area (Å²) >= 11 is 0. The minimum atomic E-state index is -0.634. The van der Waals surface area contributed by atoms with Crippen molar-refractivity contribution in [3.8, 4) is 0 Å². The Morgan fingerprint density at radius 3 is 2.66 bits per heavy atom. The molecule has 0 aromatic heterocycles. The minimum absolute atomic E-state index is 0.190. The molecular weight excluding hydrogens is 356 g/mol. The largest absolute Gasteiger partial charge is 0.481 e. The van der Waals surface area contributed by atoms with Gasteiger partial charge in [-0.15, -0.1) is 0 Å². The fourth-order valence-corrected chi connectivity index (χ4v) is 8.80. The van der Waals surface area contributed by atoms with Crippen LogP contribution in [0, 0.1) is 46.3 Å². The number of hydrogen-bond donors (Lipinski definition) is 1. The highest BCUT2D eigenvalue weighted by Gasteiger charge is 2.59. The maximum Gasteiger partial charge on any atom is 0.306 e. The summed E-state index contributed by atoms with van der Waals surface area (Å²) in [6.07, 6.45) is 18.5. The zero-order valence-corrected chi connectivity index (χ0v) is 19.4. The highest BCUT2D eigenvalue weighted by molar-refractivity contribution is 5.69. The first kappa shape index (κ1) is 21.4. The predicted octanol–water partition coefficient (Wildman–Crippen LogP) is 7.48. The molecule has 0 radical (unpaired) electrons. The van der Waals surface area contributed by atoms with Gasteiger partial charge in [-0.25, -0.2) is 0 Å². The zero-order chi connectivity index (χ0) is 20.8. The molecule has 8 atom stereocenters. The van der Waals surface area contributed by atoms with E-state index in [2.05, 4.69) is 26.8 Å². The van der Waals surface area contributed by atoms with Crippen molar-refractivity contribution in [1.82, 2.24) is 0 Å². The Morgan fingerprint density at radius 2 is 1.90 bits per heavy atom. The lowest BCUT2D eigenvalue weighted by Crippen LogP contribution is -2.50. The second-order valence-electron chi connectivity index (χ2n) is 11.8. The number of rotatable bonds is 6. The van der Waals surface area contributed by atoms with Gasteiger partial charge in [0.25, 0.3) is 0 Å². The van der Waals surface area contributed by atoms with Crippen LogP contribution in [-0.2, 0) is 4.79 Å². The second-order valence-corrected chi connectivity index (χ2v) is 11.8. The molecule has 0 aromatic carbocycles. The smallest absolute Gasteiger partial charge is 0.306 e. The van der Waals surface area contributed by atoms with E-state index >= 15 is 0 Å². The number of carbonyl (C=O) groups is 1. The summed E-state index contributed by atoms with van der Waals surface area (Å²) in [5.41, 5.74) is 2.87. The van der Waals surface area contributed by atoms with E-state index < -0.39 is 5.97 Å². The summed E-state index contributed by atoms with van der Waals surface area (Å²) in [6, 6.07) is 0. The average Bonchev–Trinajstić information content (AvgIpc) is 3.04. The Labute approximate surface area is 178 Å². The molecule has 3 fully saturated rings. The van der Waals surface area contributed by atoms with Crippen LogP contribution < -0.4 is 0 Å². The molecule has 0 bridgehead atoms. The second kappa shape index (κ2) is 8.04. The Morgan fingerprint density at radius 1 is 1.10 bits per heavy atom. The van der Waals surface area contributed by atoms with Crippen molar-refractivity contribution in [3.05, 3.63) is 11.6 Å². The quantitative estimate of drug-likeness (QED) is 0.469. The molecule has 4 aliphatic carbocycles. The Hall–Kier alpha value is -0.790. The standard InChI is InChI=1S/C27H44O2/c1-18(8-7-9-19(2)25(28)29)22-13-14-23-21-12-11-20-10-5-6-16-26(20,3)24(21)15-17-27(22,23)4/h10,18-19,21-24H,5-9,11-17H2,1-4H3,(H,28,29)/t18-,19-,21+,22-,23+,24+,26+,27-/m1/s1. The Balaban J connectivity index is 1.43. The van der Waals surface area contributed by atoms with Gasteiger partial charge in [0.1, 0.15) is 0 Å². The van der Waals surface area contributed by atoms with Gasteiger partial charge in [-0.2, -0.15) is 0 Å². The number of fused-ring (bicyclic) bond motifs is 5.